The maximum absolute atomic E-state index is 11.3. The number of carbonyl (C=O) groups is 1. The minimum Gasteiger partial charge on any atom is -0.481 e. The number of aromatic nitrogens is 2. The molecule has 0 aliphatic heterocycles. The SMILES string of the molecule is Cc1c(C)[n+](C)c([C@@H](CC(=O)O)c2cc([N+](=O)[O-])ccc2Cl)n1O. The molecule has 0 aliphatic carbocycles. The Bertz CT molecular complexity index is 806. The summed E-state index contributed by atoms with van der Waals surface area (Å²) >= 11 is 6.16. The van der Waals surface area contributed by atoms with Crippen molar-refractivity contribution >= 4 is 23.3 Å². The van der Waals surface area contributed by atoms with Gasteiger partial charge in [0.05, 0.1) is 18.4 Å². The highest BCUT2D eigenvalue weighted by atomic mass is 35.5. The number of nitro benzene ring substituents is 1. The molecule has 2 N–H and O–H groups in total. The first-order chi connectivity index (χ1) is 11.1. The molecule has 0 spiro atoms. The highest BCUT2D eigenvalue weighted by molar-refractivity contribution is 6.31. The first kappa shape index (κ1) is 17.7. The average Bonchev–Trinajstić information content (AvgIpc) is 2.69. The zero-order chi connectivity index (χ0) is 18.2. The lowest BCUT2D eigenvalue weighted by molar-refractivity contribution is -0.686. The van der Waals surface area contributed by atoms with Gasteiger partial charge in [-0.2, -0.15) is 0 Å². The van der Waals surface area contributed by atoms with Gasteiger partial charge in [-0.3, -0.25) is 14.9 Å². The number of aliphatic carboxylic acids is 1. The lowest BCUT2D eigenvalue weighted by Crippen LogP contribution is -2.37. The second-order valence-corrected chi connectivity index (χ2v) is 5.92. The Hall–Kier alpha value is -2.61. The van der Waals surface area contributed by atoms with Crippen molar-refractivity contribution in [2.45, 2.75) is 26.2 Å². The molecule has 2 rings (SSSR count). The number of nitro groups is 1. The minimum absolute atomic E-state index is 0.197. The molecule has 0 saturated heterocycles. The molecule has 24 heavy (non-hydrogen) atoms. The van der Waals surface area contributed by atoms with E-state index in [-0.39, 0.29) is 28.5 Å². The first-order valence-corrected chi connectivity index (χ1v) is 7.45. The summed E-state index contributed by atoms with van der Waals surface area (Å²) in [5, 5.41) is 30.8. The van der Waals surface area contributed by atoms with Crippen molar-refractivity contribution in [1.82, 2.24) is 4.73 Å². The van der Waals surface area contributed by atoms with Crippen LogP contribution in [0.5, 0.6) is 0 Å². The number of hydrogen-bond acceptors (Lipinski definition) is 4. The second kappa shape index (κ2) is 6.48. The van der Waals surface area contributed by atoms with Gasteiger partial charge in [0, 0.05) is 31.0 Å². The summed E-state index contributed by atoms with van der Waals surface area (Å²) in [7, 11) is 1.69. The molecular formula is C15H17ClN3O5+. The minimum atomic E-state index is -1.11. The van der Waals surface area contributed by atoms with Gasteiger partial charge in [0.1, 0.15) is 11.6 Å². The van der Waals surface area contributed by atoms with Gasteiger partial charge in [0.25, 0.3) is 5.69 Å². The molecule has 0 saturated carbocycles. The van der Waals surface area contributed by atoms with Crippen LogP contribution in [0, 0.1) is 24.0 Å². The van der Waals surface area contributed by atoms with Crippen LogP contribution >= 0.6 is 11.6 Å². The molecular weight excluding hydrogens is 338 g/mol. The fraction of sp³-hybridized carbons (Fsp3) is 0.333. The lowest BCUT2D eigenvalue weighted by Gasteiger charge is -2.13. The molecule has 0 radical (unpaired) electrons. The summed E-state index contributed by atoms with van der Waals surface area (Å²) in [6.45, 7) is 3.46. The van der Waals surface area contributed by atoms with E-state index in [9.17, 15) is 25.2 Å². The van der Waals surface area contributed by atoms with Crippen molar-refractivity contribution in [3.63, 3.8) is 0 Å². The number of carboxylic acid groups (broad SMARTS) is 1. The van der Waals surface area contributed by atoms with Crippen LogP contribution in [0.25, 0.3) is 0 Å². The molecule has 8 nitrogen and oxygen atoms in total. The van der Waals surface area contributed by atoms with E-state index in [1.165, 1.54) is 18.2 Å². The van der Waals surface area contributed by atoms with Crippen LogP contribution in [-0.2, 0) is 11.8 Å². The largest absolute Gasteiger partial charge is 0.481 e. The molecule has 2 aromatic rings. The van der Waals surface area contributed by atoms with Crippen LogP contribution in [-0.4, -0.2) is 25.9 Å². The summed E-state index contributed by atoms with van der Waals surface area (Å²) in [5.74, 6) is -1.67. The predicted molar refractivity (Wildman–Crippen MR) is 84.5 cm³/mol. The second-order valence-electron chi connectivity index (χ2n) is 5.51. The van der Waals surface area contributed by atoms with Crippen molar-refractivity contribution in [2.75, 3.05) is 0 Å². The van der Waals surface area contributed by atoms with Gasteiger partial charge in [-0.15, -0.1) is 0 Å². The molecule has 1 heterocycles. The molecule has 1 atom stereocenters. The zero-order valence-corrected chi connectivity index (χ0v) is 14.1. The van der Waals surface area contributed by atoms with Crippen LogP contribution in [0.1, 0.15) is 35.1 Å². The Morgan fingerprint density at radius 2 is 2.08 bits per heavy atom. The molecule has 0 aliphatic rings. The zero-order valence-electron chi connectivity index (χ0n) is 13.4. The van der Waals surface area contributed by atoms with Crippen molar-refractivity contribution < 1.29 is 24.6 Å². The Morgan fingerprint density at radius 1 is 1.46 bits per heavy atom. The fourth-order valence-corrected chi connectivity index (χ4v) is 2.94. The van der Waals surface area contributed by atoms with Crippen LogP contribution in [0.4, 0.5) is 5.69 Å². The third-order valence-electron chi connectivity index (χ3n) is 4.16. The monoisotopic (exact) mass is 354 g/mol. The number of carboxylic acids is 1. The van der Waals surface area contributed by atoms with E-state index in [1.807, 2.05) is 0 Å². The van der Waals surface area contributed by atoms with Crippen LogP contribution in [0.2, 0.25) is 5.02 Å². The van der Waals surface area contributed by atoms with E-state index < -0.39 is 16.8 Å². The molecule has 1 aromatic heterocycles. The number of rotatable bonds is 5. The van der Waals surface area contributed by atoms with Crippen LogP contribution in [0.15, 0.2) is 18.2 Å². The maximum atomic E-state index is 11.3. The van der Waals surface area contributed by atoms with E-state index in [4.69, 9.17) is 11.6 Å². The number of halogens is 1. The van der Waals surface area contributed by atoms with Gasteiger partial charge < -0.3 is 10.3 Å². The summed E-state index contributed by atoms with van der Waals surface area (Å²) in [5.41, 5.74) is 1.36. The van der Waals surface area contributed by atoms with Crippen molar-refractivity contribution in [1.29, 1.82) is 0 Å². The van der Waals surface area contributed by atoms with E-state index in [1.54, 1.807) is 25.5 Å². The molecule has 128 valence electrons. The third kappa shape index (κ3) is 3.05. The van der Waals surface area contributed by atoms with Crippen molar-refractivity contribution in [3.05, 3.63) is 56.1 Å². The van der Waals surface area contributed by atoms with Gasteiger partial charge in [-0.05, 0) is 16.4 Å². The van der Waals surface area contributed by atoms with E-state index in [0.717, 1.165) is 10.4 Å². The summed E-state index contributed by atoms with van der Waals surface area (Å²) in [4.78, 5) is 21.8. The number of nitrogens with zero attached hydrogens (tertiary/aromatic N) is 3. The number of hydrogen-bond donors (Lipinski definition) is 2. The lowest BCUT2D eigenvalue weighted by atomic mass is 9.94. The number of benzene rings is 1. The van der Waals surface area contributed by atoms with Crippen molar-refractivity contribution in [3.8, 4) is 0 Å². The quantitative estimate of drug-likeness (QED) is 0.370. The van der Waals surface area contributed by atoms with Gasteiger partial charge in [-0.25, -0.2) is 4.57 Å². The van der Waals surface area contributed by atoms with Crippen molar-refractivity contribution in [2.24, 2.45) is 7.05 Å². The van der Waals surface area contributed by atoms with E-state index >= 15 is 0 Å². The van der Waals surface area contributed by atoms with Crippen LogP contribution in [0.3, 0.4) is 0 Å². The van der Waals surface area contributed by atoms with Gasteiger partial charge >= 0.3 is 11.8 Å². The van der Waals surface area contributed by atoms with Gasteiger partial charge in [0.15, 0.2) is 5.69 Å². The average molecular weight is 355 g/mol. The highest BCUT2D eigenvalue weighted by Crippen LogP contribution is 2.34. The standard InChI is InChI=1S/C15H16ClN3O5/c1-8-9(2)18(22)15(17(8)3)12(7-14(20)21)11-6-10(19(23)24)4-5-13(11)16/h4-6,12H,7H2,1-3H3,(H-,20,21,22)/p+1/t12-/m0/s1. The van der Waals surface area contributed by atoms with E-state index in [0.29, 0.717) is 5.69 Å². The summed E-state index contributed by atoms with van der Waals surface area (Å²) in [6, 6.07) is 3.85. The normalized spacial score (nSPS) is 12.2. The smallest absolute Gasteiger partial charge is 0.304 e. The molecule has 0 unspecified atom stereocenters. The fourth-order valence-electron chi connectivity index (χ4n) is 2.69. The first-order valence-electron chi connectivity index (χ1n) is 7.07. The third-order valence-corrected chi connectivity index (χ3v) is 4.51. The molecule has 0 fully saturated rings. The van der Waals surface area contributed by atoms with Gasteiger partial charge in [0.2, 0.25) is 0 Å². The Balaban J connectivity index is 2.72. The van der Waals surface area contributed by atoms with Crippen LogP contribution < -0.4 is 4.57 Å². The molecule has 0 bridgehead atoms. The molecule has 0 amide bonds. The number of non-ortho nitro benzene ring substituents is 1. The highest BCUT2D eigenvalue weighted by Gasteiger charge is 2.35. The summed E-state index contributed by atoms with van der Waals surface area (Å²) in [6.07, 6.45) is -0.377. The predicted octanol–water partition coefficient (Wildman–Crippen LogP) is 2.33. The van der Waals surface area contributed by atoms with E-state index in [2.05, 4.69) is 0 Å². The molecule has 9 heteroatoms. The molecule has 1 aromatic carbocycles. The Labute approximate surface area is 142 Å². The Kier molecular flexibility index (Phi) is 4.79. The number of imidazole rings is 1. The Morgan fingerprint density at radius 3 is 2.54 bits per heavy atom. The maximum Gasteiger partial charge on any atom is 0.304 e. The van der Waals surface area contributed by atoms with Gasteiger partial charge in [-0.1, -0.05) is 11.6 Å². The summed E-state index contributed by atoms with van der Waals surface area (Å²) < 4.78 is 2.55. The topological polar surface area (TPSA) is 109 Å².